The number of carbonyl (C=O) groups is 1. The van der Waals surface area contributed by atoms with E-state index in [-0.39, 0.29) is 5.91 Å². The first kappa shape index (κ1) is 15.2. The van der Waals surface area contributed by atoms with Gasteiger partial charge in [-0.05, 0) is 44.1 Å². The maximum Gasteiger partial charge on any atom is 0.253 e. The number of hydrogen-bond acceptors (Lipinski definition) is 4. The second-order valence-electron chi connectivity index (χ2n) is 5.20. The number of anilines is 1. The molecule has 0 radical (unpaired) electrons. The molecule has 0 saturated heterocycles. The smallest absolute Gasteiger partial charge is 0.253 e. The molecule has 110 valence electrons. The Morgan fingerprint density at radius 1 is 1.45 bits per heavy atom. The minimum absolute atomic E-state index is 0.00806. The molecule has 1 fully saturated rings. The zero-order chi connectivity index (χ0) is 14.4. The Morgan fingerprint density at radius 3 is 2.90 bits per heavy atom. The van der Waals surface area contributed by atoms with Gasteiger partial charge in [-0.1, -0.05) is 6.92 Å². The predicted molar refractivity (Wildman–Crippen MR) is 85.4 cm³/mol. The van der Waals surface area contributed by atoms with E-state index in [4.69, 9.17) is 0 Å². The van der Waals surface area contributed by atoms with Crippen molar-refractivity contribution < 1.29 is 4.79 Å². The van der Waals surface area contributed by atoms with Gasteiger partial charge in [0, 0.05) is 24.0 Å². The van der Waals surface area contributed by atoms with Gasteiger partial charge in [-0.3, -0.25) is 4.79 Å². The number of nitrogens with one attached hydrogen (secondary N) is 2. The van der Waals surface area contributed by atoms with Crippen LogP contribution in [-0.4, -0.2) is 35.0 Å². The summed E-state index contributed by atoms with van der Waals surface area (Å²) >= 11 is 1.90. The molecule has 1 aliphatic rings. The van der Waals surface area contributed by atoms with Gasteiger partial charge in [0.2, 0.25) is 0 Å². The van der Waals surface area contributed by atoms with Gasteiger partial charge in [0.15, 0.2) is 0 Å². The fourth-order valence-electron chi connectivity index (χ4n) is 2.44. The SMILES string of the molecule is CCCNc1ccc(C(=O)NC2CCC(SC)C2)cn1. The molecule has 2 atom stereocenters. The first-order chi connectivity index (χ1) is 9.72. The van der Waals surface area contributed by atoms with Crippen molar-refractivity contribution in [3.63, 3.8) is 0 Å². The van der Waals surface area contributed by atoms with Gasteiger partial charge >= 0.3 is 0 Å². The van der Waals surface area contributed by atoms with Crippen LogP contribution in [-0.2, 0) is 0 Å². The van der Waals surface area contributed by atoms with E-state index in [1.165, 1.54) is 6.42 Å². The van der Waals surface area contributed by atoms with E-state index in [1.54, 1.807) is 6.20 Å². The monoisotopic (exact) mass is 293 g/mol. The summed E-state index contributed by atoms with van der Waals surface area (Å²) in [6.07, 6.45) is 8.21. The fourth-order valence-corrected chi connectivity index (χ4v) is 3.24. The maximum atomic E-state index is 12.1. The number of rotatable bonds is 6. The zero-order valence-corrected chi connectivity index (χ0v) is 13.0. The molecule has 1 aliphatic carbocycles. The van der Waals surface area contributed by atoms with Gasteiger partial charge in [0.25, 0.3) is 5.91 Å². The van der Waals surface area contributed by atoms with E-state index in [1.807, 2.05) is 23.9 Å². The minimum Gasteiger partial charge on any atom is -0.370 e. The lowest BCUT2D eigenvalue weighted by Gasteiger charge is -2.13. The molecular weight excluding hydrogens is 270 g/mol. The summed E-state index contributed by atoms with van der Waals surface area (Å²) in [7, 11) is 0. The quantitative estimate of drug-likeness (QED) is 0.847. The normalized spacial score (nSPS) is 21.7. The number of pyridine rings is 1. The average molecular weight is 293 g/mol. The van der Waals surface area contributed by atoms with Crippen molar-refractivity contribution in [2.75, 3.05) is 18.1 Å². The Kier molecular flexibility index (Phi) is 5.71. The molecule has 0 bridgehead atoms. The van der Waals surface area contributed by atoms with Crippen LogP contribution in [0.4, 0.5) is 5.82 Å². The topological polar surface area (TPSA) is 54.0 Å². The maximum absolute atomic E-state index is 12.1. The van der Waals surface area contributed by atoms with E-state index in [0.29, 0.717) is 16.9 Å². The molecule has 1 amide bonds. The van der Waals surface area contributed by atoms with Gasteiger partial charge in [-0.15, -0.1) is 0 Å². The standard InChI is InChI=1S/C15H23N3OS/c1-3-8-16-14-7-4-11(10-17-14)15(19)18-12-5-6-13(9-12)20-2/h4,7,10,12-13H,3,5-6,8-9H2,1-2H3,(H,16,17)(H,18,19). The highest BCUT2D eigenvalue weighted by Gasteiger charge is 2.25. The second-order valence-corrected chi connectivity index (χ2v) is 6.34. The molecule has 0 aliphatic heterocycles. The van der Waals surface area contributed by atoms with Crippen molar-refractivity contribution >= 4 is 23.5 Å². The van der Waals surface area contributed by atoms with Crippen LogP contribution in [0.3, 0.4) is 0 Å². The summed E-state index contributed by atoms with van der Waals surface area (Å²) in [6, 6.07) is 4.02. The van der Waals surface area contributed by atoms with Gasteiger partial charge in [-0.25, -0.2) is 4.98 Å². The Bertz CT molecular complexity index is 435. The van der Waals surface area contributed by atoms with Crippen LogP contribution in [0.5, 0.6) is 0 Å². The summed E-state index contributed by atoms with van der Waals surface area (Å²) in [4.78, 5) is 16.4. The van der Waals surface area contributed by atoms with Gasteiger partial charge in [-0.2, -0.15) is 11.8 Å². The van der Waals surface area contributed by atoms with Crippen LogP contribution in [0, 0.1) is 0 Å². The first-order valence-corrected chi connectivity index (χ1v) is 8.55. The zero-order valence-electron chi connectivity index (χ0n) is 12.2. The largest absolute Gasteiger partial charge is 0.370 e. The van der Waals surface area contributed by atoms with Gasteiger partial charge in [0.1, 0.15) is 5.82 Å². The molecule has 2 N–H and O–H groups in total. The lowest BCUT2D eigenvalue weighted by Crippen LogP contribution is -2.33. The van der Waals surface area contributed by atoms with Crippen molar-refractivity contribution in [1.29, 1.82) is 0 Å². The molecule has 0 spiro atoms. The first-order valence-electron chi connectivity index (χ1n) is 7.26. The van der Waals surface area contributed by atoms with E-state index < -0.39 is 0 Å². The van der Waals surface area contributed by atoms with Crippen molar-refractivity contribution in [1.82, 2.24) is 10.3 Å². The summed E-state index contributed by atoms with van der Waals surface area (Å²) in [5.41, 5.74) is 0.639. The van der Waals surface area contributed by atoms with Crippen LogP contribution >= 0.6 is 11.8 Å². The number of amides is 1. The molecule has 1 aromatic rings. The molecule has 20 heavy (non-hydrogen) atoms. The van der Waals surface area contributed by atoms with E-state index in [0.717, 1.165) is 31.6 Å². The highest BCUT2D eigenvalue weighted by Crippen LogP contribution is 2.28. The second kappa shape index (κ2) is 7.53. The summed E-state index contributed by atoms with van der Waals surface area (Å²) in [5.74, 6) is 0.818. The van der Waals surface area contributed by atoms with Crippen molar-refractivity contribution in [2.45, 2.75) is 43.9 Å². The van der Waals surface area contributed by atoms with Crippen LogP contribution in [0.2, 0.25) is 0 Å². The molecule has 4 nitrogen and oxygen atoms in total. The van der Waals surface area contributed by atoms with Crippen molar-refractivity contribution in [3.05, 3.63) is 23.9 Å². The Labute approximate surface area is 125 Å². The number of thioether (sulfide) groups is 1. The van der Waals surface area contributed by atoms with Gasteiger partial charge in [0.05, 0.1) is 5.56 Å². The Hall–Kier alpha value is -1.23. The number of hydrogen-bond donors (Lipinski definition) is 2. The fraction of sp³-hybridized carbons (Fsp3) is 0.600. The Morgan fingerprint density at radius 2 is 2.30 bits per heavy atom. The minimum atomic E-state index is -0.00806. The van der Waals surface area contributed by atoms with Crippen molar-refractivity contribution in [3.8, 4) is 0 Å². The van der Waals surface area contributed by atoms with Crippen LogP contribution in [0.25, 0.3) is 0 Å². The number of carbonyl (C=O) groups excluding carboxylic acids is 1. The average Bonchev–Trinajstić information content (AvgIpc) is 2.93. The molecule has 2 unspecified atom stereocenters. The summed E-state index contributed by atoms with van der Waals surface area (Å²) < 4.78 is 0. The highest BCUT2D eigenvalue weighted by atomic mass is 32.2. The summed E-state index contributed by atoms with van der Waals surface area (Å²) in [6.45, 7) is 3.01. The van der Waals surface area contributed by atoms with Crippen LogP contribution < -0.4 is 10.6 Å². The van der Waals surface area contributed by atoms with E-state index in [9.17, 15) is 4.79 Å². The highest BCUT2D eigenvalue weighted by molar-refractivity contribution is 7.99. The molecule has 1 aromatic heterocycles. The predicted octanol–water partition coefficient (Wildman–Crippen LogP) is 2.92. The summed E-state index contributed by atoms with van der Waals surface area (Å²) in [5, 5.41) is 7.00. The third-order valence-electron chi connectivity index (χ3n) is 3.63. The third kappa shape index (κ3) is 4.13. The molecule has 2 rings (SSSR count). The van der Waals surface area contributed by atoms with Crippen LogP contribution in [0.15, 0.2) is 18.3 Å². The third-order valence-corrected chi connectivity index (χ3v) is 4.73. The van der Waals surface area contributed by atoms with E-state index >= 15 is 0 Å². The molecular formula is C15H23N3OS. The van der Waals surface area contributed by atoms with Crippen LogP contribution in [0.1, 0.15) is 43.0 Å². The Balaban J connectivity index is 1.86. The molecule has 1 saturated carbocycles. The number of nitrogens with zero attached hydrogens (tertiary/aromatic N) is 1. The van der Waals surface area contributed by atoms with Crippen molar-refractivity contribution in [2.24, 2.45) is 0 Å². The molecule has 0 aromatic carbocycles. The number of aromatic nitrogens is 1. The van der Waals surface area contributed by atoms with E-state index in [2.05, 4.69) is 28.8 Å². The van der Waals surface area contributed by atoms with Gasteiger partial charge < -0.3 is 10.6 Å². The lowest BCUT2D eigenvalue weighted by molar-refractivity contribution is 0.0937. The lowest BCUT2D eigenvalue weighted by atomic mass is 10.2. The molecule has 5 heteroatoms. The molecule has 1 heterocycles.